The molecule has 0 radical (unpaired) electrons. The third-order valence-corrected chi connectivity index (χ3v) is 6.07. The Hall–Kier alpha value is -3.60. The maximum atomic E-state index is 13.5. The highest BCUT2D eigenvalue weighted by Gasteiger charge is 2.44. The number of benzene rings is 2. The molecule has 2 amide bonds. The summed E-state index contributed by atoms with van der Waals surface area (Å²) in [7, 11) is 1.79. The van der Waals surface area contributed by atoms with Gasteiger partial charge in [0.1, 0.15) is 5.76 Å². The zero-order valence-corrected chi connectivity index (χ0v) is 16.7. The second-order valence-corrected chi connectivity index (χ2v) is 7.74. The van der Waals surface area contributed by atoms with Crippen molar-refractivity contribution in [3.63, 3.8) is 0 Å². The van der Waals surface area contributed by atoms with Crippen LogP contribution in [0, 0.1) is 0 Å². The molecule has 1 N–H and O–H groups in total. The second kappa shape index (κ2) is 7.34. The van der Waals surface area contributed by atoms with E-state index in [1.807, 2.05) is 36.4 Å². The number of carbonyl (C=O) groups excluding carboxylic acids is 2. The number of fused-ring (bicyclic) bond motifs is 2. The van der Waals surface area contributed by atoms with Crippen molar-refractivity contribution in [1.82, 2.24) is 10.2 Å². The van der Waals surface area contributed by atoms with Crippen molar-refractivity contribution in [2.24, 2.45) is 0 Å². The Kier molecular flexibility index (Phi) is 4.51. The van der Waals surface area contributed by atoms with Crippen LogP contribution in [-0.2, 0) is 17.8 Å². The molecular formula is C25H22N2O3. The first kappa shape index (κ1) is 18.4. The molecule has 0 saturated heterocycles. The lowest BCUT2D eigenvalue weighted by Crippen LogP contribution is -2.50. The quantitative estimate of drug-likeness (QED) is 0.728. The van der Waals surface area contributed by atoms with Crippen LogP contribution in [0.25, 0.3) is 5.57 Å². The van der Waals surface area contributed by atoms with Crippen molar-refractivity contribution in [2.45, 2.75) is 24.9 Å². The molecule has 2 unspecified atom stereocenters. The highest BCUT2D eigenvalue weighted by atomic mass is 16.3. The summed E-state index contributed by atoms with van der Waals surface area (Å²) in [5.41, 5.74) is 4.73. The molecule has 0 spiro atoms. The largest absolute Gasteiger partial charge is 0.467 e. The van der Waals surface area contributed by atoms with Crippen molar-refractivity contribution in [2.75, 3.05) is 7.05 Å². The van der Waals surface area contributed by atoms with Crippen LogP contribution in [-0.4, -0.2) is 29.8 Å². The van der Waals surface area contributed by atoms with Gasteiger partial charge in [0, 0.05) is 12.6 Å². The predicted octanol–water partition coefficient (Wildman–Crippen LogP) is 3.77. The SMILES string of the molecule is CN1C(=O)c2ccccc2C(C(=O)NCc2ccco2)C1C1=CCc2ccccc21. The Morgan fingerprint density at radius 2 is 1.83 bits per heavy atom. The molecule has 1 aliphatic heterocycles. The van der Waals surface area contributed by atoms with E-state index in [1.54, 1.807) is 30.3 Å². The Balaban J connectivity index is 1.57. The first-order valence-electron chi connectivity index (χ1n) is 10.1. The Labute approximate surface area is 175 Å². The molecule has 1 aliphatic carbocycles. The van der Waals surface area contributed by atoms with Crippen molar-refractivity contribution in [3.8, 4) is 0 Å². The van der Waals surface area contributed by atoms with Crippen molar-refractivity contribution in [1.29, 1.82) is 0 Å². The molecule has 0 fully saturated rings. The maximum Gasteiger partial charge on any atom is 0.254 e. The lowest BCUT2D eigenvalue weighted by Gasteiger charge is -2.40. The van der Waals surface area contributed by atoms with E-state index in [0.717, 1.165) is 23.1 Å². The van der Waals surface area contributed by atoms with Crippen LogP contribution in [0.4, 0.5) is 0 Å². The molecule has 2 heterocycles. The molecule has 1 aromatic heterocycles. The maximum absolute atomic E-state index is 13.5. The molecule has 5 nitrogen and oxygen atoms in total. The Bertz CT molecular complexity index is 1150. The standard InChI is InChI=1S/C25H22N2O3/c1-27-23(20-13-12-16-7-2-3-9-18(16)20)22(19-10-4-5-11-21(19)25(27)29)24(28)26-15-17-8-6-14-30-17/h2-11,13-14,22-23H,12,15H2,1H3,(H,26,28). The number of hydrogen-bond donors (Lipinski definition) is 1. The topological polar surface area (TPSA) is 62.6 Å². The lowest BCUT2D eigenvalue weighted by molar-refractivity contribution is -0.123. The number of furan rings is 1. The van der Waals surface area contributed by atoms with Crippen LogP contribution in [0.2, 0.25) is 0 Å². The zero-order valence-electron chi connectivity index (χ0n) is 16.7. The third kappa shape index (κ3) is 2.94. The molecule has 2 aromatic carbocycles. The van der Waals surface area contributed by atoms with E-state index >= 15 is 0 Å². The summed E-state index contributed by atoms with van der Waals surface area (Å²) in [5, 5.41) is 3.01. The van der Waals surface area contributed by atoms with Gasteiger partial charge in [-0.15, -0.1) is 0 Å². The van der Waals surface area contributed by atoms with Gasteiger partial charge in [0.15, 0.2) is 0 Å². The fourth-order valence-electron chi connectivity index (χ4n) is 4.63. The number of likely N-dealkylation sites (N-methyl/N-ethyl adjacent to an activating group) is 1. The van der Waals surface area contributed by atoms with E-state index < -0.39 is 5.92 Å². The van der Waals surface area contributed by atoms with Crippen LogP contribution >= 0.6 is 0 Å². The van der Waals surface area contributed by atoms with Gasteiger partial charge in [0.2, 0.25) is 5.91 Å². The summed E-state index contributed by atoms with van der Waals surface area (Å²) in [5.74, 6) is 0.0135. The average Bonchev–Trinajstić information content (AvgIpc) is 3.44. The summed E-state index contributed by atoms with van der Waals surface area (Å²) in [6.07, 6.45) is 4.55. The number of hydrogen-bond acceptors (Lipinski definition) is 3. The zero-order chi connectivity index (χ0) is 20.7. The first-order valence-corrected chi connectivity index (χ1v) is 10.1. The van der Waals surface area contributed by atoms with Gasteiger partial charge in [-0.2, -0.15) is 0 Å². The van der Waals surface area contributed by atoms with Gasteiger partial charge >= 0.3 is 0 Å². The molecular weight excluding hydrogens is 376 g/mol. The monoisotopic (exact) mass is 398 g/mol. The average molecular weight is 398 g/mol. The van der Waals surface area contributed by atoms with Crippen molar-refractivity contribution in [3.05, 3.63) is 101 Å². The van der Waals surface area contributed by atoms with Gasteiger partial charge in [0.25, 0.3) is 5.91 Å². The van der Waals surface area contributed by atoms with Crippen molar-refractivity contribution >= 4 is 17.4 Å². The van der Waals surface area contributed by atoms with Gasteiger partial charge in [0.05, 0.1) is 24.8 Å². The van der Waals surface area contributed by atoms with Gasteiger partial charge in [-0.05, 0) is 46.9 Å². The smallest absolute Gasteiger partial charge is 0.254 e. The summed E-state index contributed by atoms with van der Waals surface area (Å²) < 4.78 is 5.36. The number of carbonyl (C=O) groups is 2. The van der Waals surface area contributed by atoms with Gasteiger partial charge in [-0.3, -0.25) is 9.59 Å². The van der Waals surface area contributed by atoms with Crippen LogP contribution in [0.15, 0.2) is 77.4 Å². The molecule has 0 bridgehead atoms. The predicted molar refractivity (Wildman–Crippen MR) is 114 cm³/mol. The van der Waals surface area contributed by atoms with E-state index in [4.69, 9.17) is 4.42 Å². The molecule has 2 aliphatic rings. The van der Waals surface area contributed by atoms with Gasteiger partial charge < -0.3 is 14.6 Å². The first-order chi connectivity index (χ1) is 14.6. The minimum absolute atomic E-state index is 0.0593. The van der Waals surface area contributed by atoms with E-state index in [-0.39, 0.29) is 17.9 Å². The summed E-state index contributed by atoms with van der Waals surface area (Å²) >= 11 is 0. The molecule has 5 heteroatoms. The van der Waals surface area contributed by atoms with Crippen molar-refractivity contribution < 1.29 is 14.0 Å². The molecule has 30 heavy (non-hydrogen) atoms. The number of amides is 2. The fourth-order valence-corrected chi connectivity index (χ4v) is 4.63. The molecule has 0 saturated carbocycles. The van der Waals surface area contributed by atoms with E-state index in [1.165, 1.54) is 5.56 Å². The van der Waals surface area contributed by atoms with Crippen LogP contribution < -0.4 is 5.32 Å². The number of rotatable bonds is 4. The highest BCUT2D eigenvalue weighted by Crippen LogP contribution is 2.42. The van der Waals surface area contributed by atoms with Crippen LogP contribution in [0.3, 0.4) is 0 Å². The van der Waals surface area contributed by atoms with Crippen LogP contribution in [0.1, 0.15) is 38.7 Å². The third-order valence-electron chi connectivity index (χ3n) is 6.07. The molecule has 150 valence electrons. The molecule has 3 aromatic rings. The van der Waals surface area contributed by atoms with Crippen LogP contribution in [0.5, 0.6) is 0 Å². The minimum Gasteiger partial charge on any atom is -0.467 e. The van der Waals surface area contributed by atoms with Gasteiger partial charge in [-0.25, -0.2) is 0 Å². The van der Waals surface area contributed by atoms with E-state index in [2.05, 4.69) is 23.5 Å². The number of allylic oxidation sites excluding steroid dienone is 1. The second-order valence-electron chi connectivity index (χ2n) is 7.74. The number of nitrogens with zero attached hydrogens (tertiary/aromatic N) is 1. The van der Waals surface area contributed by atoms with Gasteiger partial charge in [-0.1, -0.05) is 48.5 Å². The highest BCUT2D eigenvalue weighted by molar-refractivity contribution is 6.03. The van der Waals surface area contributed by atoms with E-state index in [0.29, 0.717) is 17.9 Å². The Morgan fingerprint density at radius 1 is 1.07 bits per heavy atom. The summed E-state index contributed by atoms with van der Waals surface area (Å²) in [4.78, 5) is 28.3. The number of nitrogens with one attached hydrogen (secondary N) is 1. The lowest BCUT2D eigenvalue weighted by atomic mass is 9.78. The molecule has 5 rings (SSSR count). The summed E-state index contributed by atoms with van der Waals surface area (Å²) in [6, 6.07) is 18.9. The van der Waals surface area contributed by atoms with E-state index in [9.17, 15) is 9.59 Å². The minimum atomic E-state index is -0.503. The molecule has 2 atom stereocenters. The normalized spacial score (nSPS) is 19.8. The fraction of sp³-hybridized carbons (Fsp3) is 0.200. The summed E-state index contributed by atoms with van der Waals surface area (Å²) in [6.45, 7) is 0.310. The Morgan fingerprint density at radius 3 is 2.63 bits per heavy atom.